The number of imide groups is 1. The summed E-state index contributed by atoms with van der Waals surface area (Å²) in [5, 5.41) is 7.86. The third-order valence-electron chi connectivity index (χ3n) is 2.88. The number of anilines is 1. The lowest BCUT2D eigenvalue weighted by Gasteiger charge is -2.07. The molecule has 2 heterocycles. The first kappa shape index (κ1) is 17.5. The van der Waals surface area contributed by atoms with E-state index in [0.29, 0.717) is 16.5 Å². The summed E-state index contributed by atoms with van der Waals surface area (Å²) >= 11 is 1.12. The number of ether oxygens (including phenoxy) is 1. The first-order chi connectivity index (χ1) is 11.5. The molecule has 0 unspecified atom stereocenters. The van der Waals surface area contributed by atoms with Gasteiger partial charge < -0.3 is 19.8 Å². The van der Waals surface area contributed by atoms with E-state index in [-0.39, 0.29) is 12.1 Å². The molecule has 0 saturated carbocycles. The number of urea groups is 1. The van der Waals surface area contributed by atoms with Crippen LogP contribution in [-0.2, 0) is 16.1 Å². The van der Waals surface area contributed by atoms with Crippen molar-refractivity contribution in [3.8, 4) is 0 Å². The van der Waals surface area contributed by atoms with Crippen LogP contribution in [0.5, 0.6) is 0 Å². The molecule has 128 valence electrons. The van der Waals surface area contributed by atoms with Gasteiger partial charge in [-0.3, -0.25) is 10.1 Å². The number of nitrogens with one attached hydrogen (secondary N) is 3. The van der Waals surface area contributed by atoms with Gasteiger partial charge in [0.2, 0.25) is 0 Å². The van der Waals surface area contributed by atoms with E-state index in [9.17, 15) is 14.4 Å². The number of amides is 3. The Hall–Kier alpha value is -2.88. The molecule has 10 heteroatoms. The Labute approximate surface area is 141 Å². The molecular weight excluding hydrogens is 336 g/mol. The number of esters is 1. The molecule has 0 spiro atoms. The van der Waals surface area contributed by atoms with Gasteiger partial charge in [-0.05, 0) is 30.6 Å². The van der Waals surface area contributed by atoms with Crippen molar-refractivity contribution >= 4 is 34.4 Å². The summed E-state index contributed by atoms with van der Waals surface area (Å²) in [6.07, 6.45) is 1.47. The molecule has 0 bridgehead atoms. The third kappa shape index (κ3) is 4.56. The lowest BCUT2D eigenvalue weighted by atomic mass is 10.2. The Bertz CT molecular complexity index is 726. The first-order valence-electron chi connectivity index (χ1n) is 6.92. The maximum atomic E-state index is 12.0. The molecule has 0 saturated heterocycles. The molecule has 3 amide bonds. The average molecular weight is 352 g/mol. The van der Waals surface area contributed by atoms with Gasteiger partial charge in [0.05, 0.1) is 18.5 Å². The molecule has 2 aromatic rings. The second-order valence-electron chi connectivity index (χ2n) is 4.61. The fraction of sp³-hybridized carbons (Fsp3) is 0.286. The molecule has 24 heavy (non-hydrogen) atoms. The van der Waals surface area contributed by atoms with E-state index in [1.165, 1.54) is 6.26 Å². The molecule has 2 rings (SSSR count). The molecular formula is C14H16N4O5S. The van der Waals surface area contributed by atoms with E-state index in [2.05, 4.69) is 15.0 Å². The minimum Gasteiger partial charge on any atom is -0.467 e. The Morgan fingerprint density at radius 2 is 2.17 bits per heavy atom. The van der Waals surface area contributed by atoms with Gasteiger partial charge in [-0.15, -0.1) is 0 Å². The third-order valence-corrected chi connectivity index (χ3v) is 3.84. The number of aryl methyl sites for hydroxylation is 1. The van der Waals surface area contributed by atoms with Gasteiger partial charge in [-0.1, -0.05) is 0 Å². The first-order valence-corrected chi connectivity index (χ1v) is 7.69. The lowest BCUT2D eigenvalue weighted by molar-refractivity contribution is -0.123. The second kappa shape index (κ2) is 8.11. The van der Waals surface area contributed by atoms with Gasteiger partial charge in [0.15, 0.2) is 6.61 Å². The monoisotopic (exact) mass is 352 g/mol. The highest BCUT2D eigenvalue weighted by molar-refractivity contribution is 7.10. The van der Waals surface area contributed by atoms with Crippen LogP contribution in [0.1, 0.15) is 21.8 Å². The van der Waals surface area contributed by atoms with E-state index < -0.39 is 24.5 Å². The number of carbonyl (C=O) groups is 3. The van der Waals surface area contributed by atoms with Gasteiger partial charge in [-0.2, -0.15) is 4.37 Å². The molecule has 0 radical (unpaired) electrons. The van der Waals surface area contributed by atoms with E-state index in [0.717, 1.165) is 11.5 Å². The molecule has 0 fully saturated rings. The Balaban J connectivity index is 1.77. The van der Waals surface area contributed by atoms with Crippen LogP contribution >= 0.6 is 11.5 Å². The number of nitrogens with zero attached hydrogens (tertiary/aromatic N) is 1. The second-order valence-corrected chi connectivity index (χ2v) is 5.38. The van der Waals surface area contributed by atoms with E-state index in [1.54, 1.807) is 26.1 Å². The van der Waals surface area contributed by atoms with Gasteiger partial charge in [-0.25, -0.2) is 9.59 Å². The molecule has 3 N–H and O–H groups in total. The normalized spacial score (nSPS) is 10.1. The van der Waals surface area contributed by atoms with Gasteiger partial charge >= 0.3 is 12.0 Å². The summed E-state index contributed by atoms with van der Waals surface area (Å²) in [4.78, 5) is 35.1. The van der Waals surface area contributed by atoms with E-state index in [1.807, 2.05) is 5.32 Å². The minimum atomic E-state index is -0.743. The SMILES string of the molecule is CNc1snc(C)c1C(=O)OCC(=O)NC(=O)NCc1ccco1. The highest BCUT2D eigenvalue weighted by Crippen LogP contribution is 2.24. The highest BCUT2D eigenvalue weighted by Gasteiger charge is 2.20. The summed E-state index contributed by atoms with van der Waals surface area (Å²) in [7, 11) is 1.65. The van der Waals surface area contributed by atoms with Crippen molar-refractivity contribution in [2.45, 2.75) is 13.5 Å². The summed E-state index contributed by atoms with van der Waals surface area (Å²) in [5.74, 6) is -0.882. The fourth-order valence-corrected chi connectivity index (χ4v) is 2.50. The van der Waals surface area contributed by atoms with Gasteiger partial charge in [0.25, 0.3) is 5.91 Å². The van der Waals surface area contributed by atoms with Crippen molar-refractivity contribution in [3.05, 3.63) is 35.4 Å². The molecule has 0 atom stereocenters. The van der Waals surface area contributed by atoms with Gasteiger partial charge in [0.1, 0.15) is 16.3 Å². The maximum absolute atomic E-state index is 12.0. The molecule has 2 aromatic heterocycles. The fourth-order valence-electron chi connectivity index (χ4n) is 1.77. The zero-order valence-electron chi connectivity index (χ0n) is 13.0. The van der Waals surface area contributed by atoms with Crippen LogP contribution in [0.3, 0.4) is 0 Å². The average Bonchev–Trinajstić information content (AvgIpc) is 3.19. The van der Waals surface area contributed by atoms with Crippen LogP contribution < -0.4 is 16.0 Å². The Morgan fingerprint density at radius 3 is 2.83 bits per heavy atom. The van der Waals surface area contributed by atoms with Crippen LogP contribution in [-0.4, -0.2) is 35.9 Å². The molecule has 0 aliphatic carbocycles. The molecule has 0 aliphatic rings. The molecule has 9 nitrogen and oxygen atoms in total. The predicted octanol–water partition coefficient (Wildman–Crippen LogP) is 1.27. The van der Waals surface area contributed by atoms with Crippen LogP contribution in [0.2, 0.25) is 0 Å². The van der Waals surface area contributed by atoms with Crippen molar-refractivity contribution in [1.82, 2.24) is 15.0 Å². The number of furan rings is 1. The van der Waals surface area contributed by atoms with Crippen LogP contribution in [0.25, 0.3) is 0 Å². The van der Waals surface area contributed by atoms with Gasteiger partial charge in [0, 0.05) is 7.05 Å². The predicted molar refractivity (Wildman–Crippen MR) is 85.8 cm³/mol. The van der Waals surface area contributed by atoms with Crippen LogP contribution in [0.15, 0.2) is 22.8 Å². The standard InChI is InChI=1S/C14H16N4O5S/c1-8-11(12(15-2)24-18-8)13(20)23-7-10(19)17-14(21)16-6-9-4-3-5-22-9/h3-5,15H,6-7H2,1-2H3,(H2,16,17,19,21). The number of aromatic nitrogens is 1. The van der Waals surface area contributed by atoms with Crippen molar-refractivity contribution in [2.75, 3.05) is 19.0 Å². The lowest BCUT2D eigenvalue weighted by Crippen LogP contribution is -2.41. The number of hydrogen-bond acceptors (Lipinski definition) is 8. The van der Waals surface area contributed by atoms with Crippen molar-refractivity contribution in [1.29, 1.82) is 0 Å². The Morgan fingerprint density at radius 1 is 1.38 bits per heavy atom. The Kier molecular flexibility index (Phi) is 5.90. The van der Waals surface area contributed by atoms with Crippen LogP contribution in [0, 0.1) is 6.92 Å². The summed E-state index contributed by atoms with van der Waals surface area (Å²) in [6, 6.07) is 2.65. The van der Waals surface area contributed by atoms with E-state index in [4.69, 9.17) is 9.15 Å². The topological polar surface area (TPSA) is 123 Å². The quantitative estimate of drug-likeness (QED) is 0.669. The molecule has 0 aliphatic heterocycles. The summed E-state index contributed by atoms with van der Waals surface area (Å²) in [6.45, 7) is 1.22. The molecule has 0 aromatic carbocycles. The van der Waals surface area contributed by atoms with Crippen molar-refractivity contribution in [2.24, 2.45) is 0 Å². The van der Waals surface area contributed by atoms with Crippen molar-refractivity contribution < 1.29 is 23.5 Å². The van der Waals surface area contributed by atoms with Crippen LogP contribution in [0.4, 0.5) is 9.80 Å². The zero-order chi connectivity index (χ0) is 17.5. The maximum Gasteiger partial charge on any atom is 0.343 e. The van der Waals surface area contributed by atoms with E-state index >= 15 is 0 Å². The largest absolute Gasteiger partial charge is 0.467 e. The number of hydrogen-bond donors (Lipinski definition) is 3. The number of carbonyl (C=O) groups excluding carboxylic acids is 3. The minimum absolute atomic E-state index is 0.136. The summed E-state index contributed by atoms with van der Waals surface area (Å²) in [5.41, 5.74) is 0.781. The zero-order valence-corrected chi connectivity index (χ0v) is 13.9. The number of rotatable bonds is 6. The smallest absolute Gasteiger partial charge is 0.343 e. The van der Waals surface area contributed by atoms with Crippen molar-refractivity contribution in [3.63, 3.8) is 0 Å². The highest BCUT2D eigenvalue weighted by atomic mass is 32.1. The summed E-state index contributed by atoms with van der Waals surface area (Å²) < 4.78 is 14.0.